The van der Waals surface area contributed by atoms with E-state index in [0.29, 0.717) is 5.02 Å². The van der Waals surface area contributed by atoms with E-state index in [-0.39, 0.29) is 18.0 Å². The van der Waals surface area contributed by atoms with Crippen LogP contribution in [0.2, 0.25) is 5.02 Å². The van der Waals surface area contributed by atoms with Crippen molar-refractivity contribution in [1.82, 2.24) is 15.2 Å². The number of hydrogen-bond acceptors (Lipinski definition) is 4. The summed E-state index contributed by atoms with van der Waals surface area (Å²) in [5.74, 6) is -0.0564. The molecule has 1 amide bonds. The van der Waals surface area contributed by atoms with E-state index in [2.05, 4.69) is 10.3 Å². The van der Waals surface area contributed by atoms with Gasteiger partial charge in [0.2, 0.25) is 5.91 Å². The molecule has 1 N–H and O–H groups in total. The molecule has 0 aliphatic carbocycles. The maximum absolute atomic E-state index is 12.9. The quantitative estimate of drug-likeness (QED) is 0.719. The molecule has 2 atom stereocenters. The molecule has 0 bridgehead atoms. The third-order valence-corrected chi connectivity index (χ3v) is 5.46. The summed E-state index contributed by atoms with van der Waals surface area (Å²) in [5.41, 5.74) is 1.87. The number of nitrogens with zero attached hydrogens (tertiary/aromatic N) is 2. The SMILES string of the molecule is C[C@H](NC(=O)[C@@H](c1ccc(Cl)cc1)N(C)C)c1nc2ccccc2s1. The van der Waals surface area contributed by atoms with E-state index in [9.17, 15) is 4.79 Å². The number of carbonyl (C=O) groups is 1. The maximum Gasteiger partial charge on any atom is 0.242 e. The number of thiazole rings is 1. The molecule has 3 rings (SSSR count). The van der Waals surface area contributed by atoms with Gasteiger partial charge in [-0.05, 0) is 50.8 Å². The number of benzene rings is 2. The summed E-state index contributed by atoms with van der Waals surface area (Å²) < 4.78 is 1.13. The largest absolute Gasteiger partial charge is 0.345 e. The highest BCUT2D eigenvalue weighted by atomic mass is 35.5. The van der Waals surface area contributed by atoms with Gasteiger partial charge in [-0.1, -0.05) is 35.9 Å². The predicted molar refractivity (Wildman–Crippen MR) is 104 cm³/mol. The Kier molecular flexibility index (Phi) is 5.37. The fourth-order valence-electron chi connectivity index (χ4n) is 2.76. The van der Waals surface area contributed by atoms with Gasteiger partial charge in [-0.2, -0.15) is 0 Å². The molecule has 25 heavy (non-hydrogen) atoms. The topological polar surface area (TPSA) is 45.2 Å². The molecule has 3 aromatic rings. The molecule has 0 radical (unpaired) electrons. The molecule has 0 aliphatic heterocycles. The zero-order valence-electron chi connectivity index (χ0n) is 14.4. The van der Waals surface area contributed by atoms with Crippen molar-refractivity contribution < 1.29 is 4.79 Å². The van der Waals surface area contributed by atoms with Crippen LogP contribution in [0.1, 0.15) is 29.6 Å². The number of halogens is 1. The van der Waals surface area contributed by atoms with Crippen LogP contribution >= 0.6 is 22.9 Å². The van der Waals surface area contributed by atoms with Crippen LogP contribution < -0.4 is 5.32 Å². The lowest BCUT2D eigenvalue weighted by Gasteiger charge is -2.25. The highest BCUT2D eigenvalue weighted by Crippen LogP contribution is 2.27. The van der Waals surface area contributed by atoms with Gasteiger partial charge >= 0.3 is 0 Å². The highest BCUT2D eigenvalue weighted by Gasteiger charge is 2.25. The molecule has 4 nitrogen and oxygen atoms in total. The van der Waals surface area contributed by atoms with Gasteiger partial charge in [0.25, 0.3) is 0 Å². The molecule has 130 valence electrons. The van der Waals surface area contributed by atoms with Gasteiger partial charge in [0.05, 0.1) is 16.3 Å². The molecule has 0 fully saturated rings. The fourth-order valence-corrected chi connectivity index (χ4v) is 3.85. The van der Waals surface area contributed by atoms with E-state index in [4.69, 9.17) is 11.6 Å². The minimum atomic E-state index is -0.380. The van der Waals surface area contributed by atoms with Crippen LogP contribution in [0.25, 0.3) is 10.2 Å². The number of nitrogens with one attached hydrogen (secondary N) is 1. The van der Waals surface area contributed by atoms with Gasteiger partial charge in [0.1, 0.15) is 11.0 Å². The molecule has 0 aliphatic rings. The van der Waals surface area contributed by atoms with E-state index >= 15 is 0 Å². The summed E-state index contributed by atoms with van der Waals surface area (Å²) in [6.07, 6.45) is 0. The zero-order chi connectivity index (χ0) is 18.0. The van der Waals surface area contributed by atoms with Gasteiger partial charge in [-0.3, -0.25) is 9.69 Å². The molecule has 0 spiro atoms. The number of likely N-dealkylation sites (N-methyl/N-ethyl adjacent to an activating group) is 1. The van der Waals surface area contributed by atoms with Crippen molar-refractivity contribution in [2.75, 3.05) is 14.1 Å². The van der Waals surface area contributed by atoms with Crippen LogP contribution in [-0.2, 0) is 4.79 Å². The minimum absolute atomic E-state index is 0.0564. The first-order valence-electron chi connectivity index (χ1n) is 8.03. The Morgan fingerprint density at radius 3 is 2.48 bits per heavy atom. The van der Waals surface area contributed by atoms with Gasteiger partial charge in [-0.15, -0.1) is 11.3 Å². The van der Waals surface area contributed by atoms with Gasteiger partial charge in [0, 0.05) is 5.02 Å². The van der Waals surface area contributed by atoms with Crippen LogP contribution in [0.5, 0.6) is 0 Å². The molecule has 1 heterocycles. The molecule has 0 saturated heterocycles. The fraction of sp³-hybridized carbons (Fsp3) is 0.263. The van der Waals surface area contributed by atoms with Crippen molar-refractivity contribution in [3.05, 3.63) is 64.1 Å². The van der Waals surface area contributed by atoms with E-state index in [1.807, 2.05) is 62.3 Å². The van der Waals surface area contributed by atoms with Gasteiger partial charge in [-0.25, -0.2) is 4.98 Å². The van der Waals surface area contributed by atoms with Gasteiger partial charge in [0.15, 0.2) is 0 Å². The van der Waals surface area contributed by atoms with Crippen molar-refractivity contribution in [2.45, 2.75) is 19.0 Å². The first-order valence-corrected chi connectivity index (χ1v) is 9.23. The van der Waals surface area contributed by atoms with Gasteiger partial charge < -0.3 is 5.32 Å². The Morgan fingerprint density at radius 1 is 1.16 bits per heavy atom. The van der Waals surface area contributed by atoms with E-state index in [0.717, 1.165) is 20.8 Å². The number of hydrogen-bond donors (Lipinski definition) is 1. The first kappa shape index (κ1) is 17.9. The smallest absolute Gasteiger partial charge is 0.242 e. The average molecular weight is 374 g/mol. The van der Waals surface area contributed by atoms with Crippen molar-refractivity contribution in [1.29, 1.82) is 0 Å². The number of rotatable bonds is 5. The number of para-hydroxylation sites is 1. The number of fused-ring (bicyclic) bond motifs is 1. The molecule has 6 heteroatoms. The zero-order valence-corrected chi connectivity index (χ0v) is 15.9. The van der Waals surface area contributed by atoms with Crippen molar-refractivity contribution in [2.24, 2.45) is 0 Å². The predicted octanol–water partition coefficient (Wildman–Crippen LogP) is 4.43. The molecular weight excluding hydrogens is 354 g/mol. The highest BCUT2D eigenvalue weighted by molar-refractivity contribution is 7.18. The van der Waals surface area contributed by atoms with Crippen molar-refractivity contribution in [3.8, 4) is 0 Å². The number of aromatic nitrogens is 1. The Labute approximate surface area is 156 Å². The molecule has 0 saturated carbocycles. The summed E-state index contributed by atoms with van der Waals surface area (Å²) in [4.78, 5) is 19.4. The lowest BCUT2D eigenvalue weighted by atomic mass is 10.0. The summed E-state index contributed by atoms with van der Waals surface area (Å²) in [6.45, 7) is 1.96. The Hall–Kier alpha value is -1.95. The third-order valence-electron chi connectivity index (χ3n) is 3.99. The molecular formula is C19H20ClN3OS. The summed E-state index contributed by atoms with van der Waals surface area (Å²) in [7, 11) is 3.78. The Morgan fingerprint density at radius 2 is 1.84 bits per heavy atom. The first-order chi connectivity index (χ1) is 12.0. The van der Waals surface area contributed by atoms with Crippen LogP contribution in [-0.4, -0.2) is 29.9 Å². The molecule has 1 aromatic heterocycles. The summed E-state index contributed by atoms with van der Waals surface area (Å²) in [5, 5.41) is 4.65. The maximum atomic E-state index is 12.9. The van der Waals surface area contributed by atoms with E-state index in [1.54, 1.807) is 23.5 Å². The molecule has 2 aromatic carbocycles. The average Bonchev–Trinajstić information content (AvgIpc) is 3.01. The van der Waals surface area contributed by atoms with E-state index < -0.39 is 0 Å². The molecule has 0 unspecified atom stereocenters. The second-order valence-electron chi connectivity index (χ2n) is 6.17. The second kappa shape index (κ2) is 7.52. The van der Waals surface area contributed by atoms with Crippen LogP contribution in [0.15, 0.2) is 48.5 Å². The van der Waals surface area contributed by atoms with Crippen LogP contribution in [0.4, 0.5) is 0 Å². The van der Waals surface area contributed by atoms with Crippen molar-refractivity contribution >= 4 is 39.1 Å². The minimum Gasteiger partial charge on any atom is -0.345 e. The normalized spacial score (nSPS) is 13.8. The van der Waals surface area contributed by atoms with Crippen LogP contribution in [0, 0.1) is 0 Å². The Balaban J connectivity index is 1.79. The summed E-state index contributed by atoms with van der Waals surface area (Å²) in [6, 6.07) is 14.8. The lowest BCUT2D eigenvalue weighted by Crippen LogP contribution is -2.38. The number of carbonyl (C=O) groups excluding carboxylic acids is 1. The lowest BCUT2D eigenvalue weighted by molar-refractivity contribution is -0.126. The van der Waals surface area contributed by atoms with Crippen LogP contribution in [0.3, 0.4) is 0 Å². The summed E-state index contributed by atoms with van der Waals surface area (Å²) >= 11 is 7.57. The van der Waals surface area contributed by atoms with Crippen molar-refractivity contribution in [3.63, 3.8) is 0 Å². The monoisotopic (exact) mass is 373 g/mol. The standard InChI is InChI=1S/C19H20ClN3OS/c1-12(19-22-15-6-4-5-7-16(15)25-19)21-18(24)17(23(2)3)13-8-10-14(20)11-9-13/h4-12,17H,1-3H3,(H,21,24)/t12-,17+/m0/s1. The second-order valence-corrected chi connectivity index (χ2v) is 7.67. The number of amides is 1. The van der Waals surface area contributed by atoms with E-state index in [1.165, 1.54) is 0 Å². The Bertz CT molecular complexity index is 843. The third kappa shape index (κ3) is 4.00.